The van der Waals surface area contributed by atoms with E-state index in [-0.39, 0.29) is 5.02 Å². The zero-order valence-electron chi connectivity index (χ0n) is 9.48. The summed E-state index contributed by atoms with van der Waals surface area (Å²) in [6, 6.07) is 2.78. The average Bonchev–Trinajstić information content (AvgIpc) is 2.26. The van der Waals surface area contributed by atoms with Crippen molar-refractivity contribution >= 4 is 39.1 Å². The van der Waals surface area contributed by atoms with Crippen LogP contribution in [0.25, 0.3) is 0 Å². The first-order chi connectivity index (χ1) is 8.04. The molecule has 0 saturated heterocycles. The third-order valence-electron chi connectivity index (χ3n) is 2.44. The van der Waals surface area contributed by atoms with Gasteiger partial charge in [0.2, 0.25) is 0 Å². The summed E-state index contributed by atoms with van der Waals surface area (Å²) in [6.07, 6.45) is 1.85. The van der Waals surface area contributed by atoms with Crippen molar-refractivity contribution in [2.24, 2.45) is 5.92 Å². The van der Waals surface area contributed by atoms with Gasteiger partial charge in [0, 0.05) is 11.9 Å². The average molecular weight is 344 g/mol. The van der Waals surface area contributed by atoms with Crippen LogP contribution in [0.5, 0.6) is 5.75 Å². The molecular formula is C12H14BrCl2FO. The third-order valence-corrected chi connectivity index (χ3v) is 3.57. The van der Waals surface area contributed by atoms with Crippen molar-refractivity contribution in [3.8, 4) is 5.75 Å². The van der Waals surface area contributed by atoms with E-state index in [0.717, 1.165) is 12.8 Å². The van der Waals surface area contributed by atoms with E-state index in [4.69, 9.17) is 27.9 Å². The topological polar surface area (TPSA) is 9.23 Å². The molecule has 0 aromatic heterocycles. The third kappa shape index (κ3) is 5.02. The first-order valence-corrected chi connectivity index (χ1v) is 7.08. The summed E-state index contributed by atoms with van der Waals surface area (Å²) in [5.74, 6) is 1.16. The number of rotatable bonds is 6. The predicted octanol–water partition coefficient (Wildman–Crippen LogP) is 5.28. The minimum atomic E-state index is -0.473. The van der Waals surface area contributed by atoms with Crippen molar-refractivity contribution in [1.82, 2.24) is 0 Å². The van der Waals surface area contributed by atoms with Gasteiger partial charge in [0.05, 0.1) is 16.1 Å². The minimum Gasteiger partial charge on any atom is -0.492 e. The molecule has 1 aromatic carbocycles. The maximum Gasteiger partial charge on any atom is 0.145 e. The van der Waals surface area contributed by atoms with Crippen molar-refractivity contribution in [2.45, 2.75) is 19.8 Å². The quantitative estimate of drug-likeness (QED) is 0.504. The van der Waals surface area contributed by atoms with E-state index in [9.17, 15) is 4.39 Å². The van der Waals surface area contributed by atoms with Gasteiger partial charge in [-0.1, -0.05) is 18.5 Å². The first-order valence-electron chi connectivity index (χ1n) is 5.38. The molecule has 0 spiro atoms. The van der Waals surface area contributed by atoms with Gasteiger partial charge in [0.25, 0.3) is 0 Å². The van der Waals surface area contributed by atoms with E-state index < -0.39 is 5.82 Å². The van der Waals surface area contributed by atoms with Crippen LogP contribution in [0.1, 0.15) is 19.8 Å². The molecule has 0 heterocycles. The number of hydrogen-bond donors (Lipinski definition) is 0. The highest BCUT2D eigenvalue weighted by Crippen LogP contribution is 2.30. The van der Waals surface area contributed by atoms with Gasteiger partial charge in [0.1, 0.15) is 11.6 Å². The van der Waals surface area contributed by atoms with Gasteiger partial charge in [-0.3, -0.25) is 0 Å². The number of ether oxygens (including phenoxy) is 1. The molecule has 0 aliphatic rings. The van der Waals surface area contributed by atoms with Gasteiger partial charge in [-0.2, -0.15) is 0 Å². The number of alkyl halides is 1. The standard InChI is InChI=1S/C12H14BrCl2FO/c1-8(2-4-14)3-5-17-12-7-11(16)10(15)6-9(12)13/h6-8H,2-5H2,1H3. The van der Waals surface area contributed by atoms with E-state index in [1.807, 2.05) is 0 Å². The van der Waals surface area contributed by atoms with Gasteiger partial charge in [-0.05, 0) is 40.8 Å². The predicted molar refractivity (Wildman–Crippen MR) is 73.7 cm³/mol. The summed E-state index contributed by atoms with van der Waals surface area (Å²) in [7, 11) is 0. The van der Waals surface area contributed by atoms with Gasteiger partial charge in [-0.25, -0.2) is 4.39 Å². The molecule has 0 radical (unpaired) electrons. The number of hydrogen-bond acceptors (Lipinski definition) is 1. The molecule has 5 heteroatoms. The molecule has 96 valence electrons. The molecule has 1 unspecified atom stereocenters. The van der Waals surface area contributed by atoms with Crippen LogP contribution in [0.2, 0.25) is 5.02 Å². The van der Waals surface area contributed by atoms with Crippen LogP contribution in [0.15, 0.2) is 16.6 Å². The zero-order valence-corrected chi connectivity index (χ0v) is 12.6. The second-order valence-corrected chi connectivity index (χ2v) is 5.56. The number of benzene rings is 1. The molecular weight excluding hydrogens is 330 g/mol. The minimum absolute atomic E-state index is 0.0831. The molecule has 0 amide bonds. The van der Waals surface area contributed by atoms with Crippen LogP contribution in [0, 0.1) is 11.7 Å². The highest BCUT2D eigenvalue weighted by Gasteiger charge is 2.08. The van der Waals surface area contributed by atoms with Gasteiger partial charge < -0.3 is 4.74 Å². The fraction of sp³-hybridized carbons (Fsp3) is 0.500. The SMILES string of the molecule is CC(CCCl)CCOc1cc(F)c(Cl)cc1Br. The summed E-state index contributed by atoms with van der Waals surface area (Å²) in [4.78, 5) is 0. The number of halogens is 4. The molecule has 0 saturated carbocycles. The molecule has 1 aromatic rings. The zero-order chi connectivity index (χ0) is 12.8. The summed E-state index contributed by atoms with van der Waals surface area (Å²) < 4.78 is 19.4. The maximum atomic E-state index is 13.2. The van der Waals surface area contributed by atoms with Crippen molar-refractivity contribution in [2.75, 3.05) is 12.5 Å². The molecule has 1 nitrogen and oxygen atoms in total. The van der Waals surface area contributed by atoms with E-state index in [1.54, 1.807) is 0 Å². The Hall–Kier alpha value is 0.01000. The van der Waals surface area contributed by atoms with Gasteiger partial charge in [0.15, 0.2) is 0 Å². The van der Waals surface area contributed by atoms with Crippen LogP contribution >= 0.6 is 39.1 Å². The van der Waals surface area contributed by atoms with Gasteiger partial charge >= 0.3 is 0 Å². The van der Waals surface area contributed by atoms with Crippen LogP contribution in [-0.2, 0) is 0 Å². The van der Waals surface area contributed by atoms with Crippen molar-refractivity contribution in [3.05, 3.63) is 27.4 Å². The van der Waals surface area contributed by atoms with Crippen LogP contribution in [0.3, 0.4) is 0 Å². The normalized spacial score (nSPS) is 12.5. The Morgan fingerprint density at radius 1 is 1.41 bits per heavy atom. The van der Waals surface area contributed by atoms with Crippen molar-refractivity contribution in [1.29, 1.82) is 0 Å². The van der Waals surface area contributed by atoms with Gasteiger partial charge in [-0.15, -0.1) is 11.6 Å². The molecule has 0 N–H and O–H groups in total. The summed E-state index contributed by atoms with van der Waals surface area (Å²) >= 11 is 14.6. The van der Waals surface area contributed by atoms with E-state index in [2.05, 4.69) is 22.9 Å². The Bertz CT molecular complexity index is 374. The Labute approximate surface area is 119 Å². The molecule has 1 rings (SSSR count). The molecule has 1 atom stereocenters. The van der Waals surface area contributed by atoms with E-state index >= 15 is 0 Å². The Kier molecular flexibility index (Phi) is 6.60. The molecule has 0 fully saturated rings. The lowest BCUT2D eigenvalue weighted by molar-refractivity contribution is 0.279. The van der Waals surface area contributed by atoms with Crippen LogP contribution < -0.4 is 4.74 Å². The molecule has 0 aliphatic heterocycles. The van der Waals surface area contributed by atoms with E-state index in [0.29, 0.717) is 28.6 Å². The highest BCUT2D eigenvalue weighted by atomic mass is 79.9. The largest absolute Gasteiger partial charge is 0.492 e. The molecule has 17 heavy (non-hydrogen) atoms. The van der Waals surface area contributed by atoms with Crippen LogP contribution in [0.4, 0.5) is 4.39 Å². The smallest absolute Gasteiger partial charge is 0.145 e. The second-order valence-electron chi connectivity index (χ2n) is 3.92. The Morgan fingerprint density at radius 2 is 2.12 bits per heavy atom. The lowest BCUT2D eigenvalue weighted by Gasteiger charge is -2.12. The summed E-state index contributed by atoms with van der Waals surface area (Å²) in [5, 5.41) is 0.0831. The second kappa shape index (κ2) is 7.45. The maximum absolute atomic E-state index is 13.2. The first kappa shape index (κ1) is 15.1. The van der Waals surface area contributed by atoms with Crippen molar-refractivity contribution in [3.63, 3.8) is 0 Å². The summed E-state index contributed by atoms with van der Waals surface area (Å²) in [6.45, 7) is 2.65. The summed E-state index contributed by atoms with van der Waals surface area (Å²) in [5.41, 5.74) is 0. The molecule has 0 bridgehead atoms. The molecule has 0 aliphatic carbocycles. The highest BCUT2D eigenvalue weighted by molar-refractivity contribution is 9.10. The van der Waals surface area contributed by atoms with Crippen molar-refractivity contribution < 1.29 is 9.13 Å². The van der Waals surface area contributed by atoms with Crippen LogP contribution in [-0.4, -0.2) is 12.5 Å². The Morgan fingerprint density at radius 3 is 2.76 bits per heavy atom. The lowest BCUT2D eigenvalue weighted by atomic mass is 10.1. The fourth-order valence-corrected chi connectivity index (χ4v) is 2.44. The van der Waals surface area contributed by atoms with E-state index in [1.165, 1.54) is 12.1 Å². The monoisotopic (exact) mass is 342 g/mol. The lowest BCUT2D eigenvalue weighted by Crippen LogP contribution is -2.05. The fourth-order valence-electron chi connectivity index (χ4n) is 1.32. The Balaban J connectivity index is 2.49.